The fourth-order valence-electron chi connectivity index (χ4n) is 1.39. The average molecular weight is 233 g/mol. The SMILES string of the molecule is CC1(C=Cc2ccc([N+](=O)[O-])cc2)OC=CO1. The second-order valence-electron chi connectivity index (χ2n) is 3.71. The lowest BCUT2D eigenvalue weighted by Gasteiger charge is -2.18. The average Bonchev–Trinajstić information content (AvgIpc) is 2.75. The van der Waals surface area contributed by atoms with Gasteiger partial charge in [-0.15, -0.1) is 0 Å². The summed E-state index contributed by atoms with van der Waals surface area (Å²) in [6.45, 7) is 1.77. The van der Waals surface area contributed by atoms with E-state index in [-0.39, 0.29) is 5.69 Å². The molecule has 17 heavy (non-hydrogen) atoms. The third-order valence-corrected chi connectivity index (χ3v) is 2.34. The standard InChI is InChI=1S/C12H11NO4/c1-12(16-8-9-17-12)7-6-10-2-4-11(5-3-10)13(14)15/h2-9H,1H3. The van der Waals surface area contributed by atoms with Gasteiger partial charge in [0.25, 0.3) is 11.5 Å². The molecule has 88 valence electrons. The normalized spacial score (nSPS) is 16.8. The maximum absolute atomic E-state index is 10.5. The van der Waals surface area contributed by atoms with E-state index in [1.54, 1.807) is 31.2 Å². The van der Waals surface area contributed by atoms with Gasteiger partial charge in [-0.05, 0) is 23.8 Å². The first-order valence-electron chi connectivity index (χ1n) is 5.03. The molecule has 0 bridgehead atoms. The van der Waals surface area contributed by atoms with Gasteiger partial charge >= 0.3 is 0 Å². The summed E-state index contributed by atoms with van der Waals surface area (Å²) in [7, 11) is 0. The number of ether oxygens (including phenoxy) is 2. The quantitative estimate of drug-likeness (QED) is 0.594. The summed E-state index contributed by atoms with van der Waals surface area (Å²) in [5, 5.41) is 10.5. The van der Waals surface area contributed by atoms with E-state index in [0.717, 1.165) is 5.56 Å². The van der Waals surface area contributed by atoms with Gasteiger partial charge in [-0.3, -0.25) is 10.1 Å². The van der Waals surface area contributed by atoms with Crippen LogP contribution in [-0.4, -0.2) is 10.7 Å². The number of nitro groups is 1. The first-order chi connectivity index (χ1) is 8.09. The third-order valence-electron chi connectivity index (χ3n) is 2.34. The molecule has 1 aromatic carbocycles. The molecule has 5 heteroatoms. The van der Waals surface area contributed by atoms with Crippen molar-refractivity contribution in [2.24, 2.45) is 0 Å². The maximum atomic E-state index is 10.5. The molecule has 0 atom stereocenters. The Morgan fingerprint density at radius 3 is 2.35 bits per heavy atom. The van der Waals surface area contributed by atoms with Gasteiger partial charge in [-0.1, -0.05) is 6.08 Å². The second-order valence-corrected chi connectivity index (χ2v) is 3.71. The Balaban J connectivity index is 2.08. The number of nitro benzene ring substituents is 1. The molecule has 0 fully saturated rings. The largest absolute Gasteiger partial charge is 0.454 e. The Labute approximate surface area is 98.1 Å². The molecular weight excluding hydrogens is 222 g/mol. The van der Waals surface area contributed by atoms with Crippen LogP contribution in [0.15, 0.2) is 42.9 Å². The van der Waals surface area contributed by atoms with Gasteiger partial charge in [0, 0.05) is 19.1 Å². The molecule has 0 radical (unpaired) electrons. The van der Waals surface area contributed by atoms with Crippen LogP contribution in [0, 0.1) is 10.1 Å². The van der Waals surface area contributed by atoms with E-state index in [1.165, 1.54) is 24.7 Å². The van der Waals surface area contributed by atoms with Crippen LogP contribution >= 0.6 is 0 Å². The van der Waals surface area contributed by atoms with E-state index in [4.69, 9.17) is 9.47 Å². The molecule has 1 heterocycles. The molecule has 2 rings (SSSR count). The fraction of sp³-hybridized carbons (Fsp3) is 0.167. The van der Waals surface area contributed by atoms with E-state index in [2.05, 4.69) is 0 Å². The van der Waals surface area contributed by atoms with E-state index >= 15 is 0 Å². The molecule has 0 saturated heterocycles. The van der Waals surface area contributed by atoms with Crippen molar-refractivity contribution in [3.05, 3.63) is 58.5 Å². The van der Waals surface area contributed by atoms with Gasteiger partial charge in [0.15, 0.2) is 0 Å². The van der Waals surface area contributed by atoms with Gasteiger partial charge < -0.3 is 9.47 Å². The molecule has 0 saturated carbocycles. The van der Waals surface area contributed by atoms with Crippen LogP contribution in [0.3, 0.4) is 0 Å². The van der Waals surface area contributed by atoms with Crippen molar-refractivity contribution in [3.8, 4) is 0 Å². The highest BCUT2D eigenvalue weighted by atomic mass is 16.7. The van der Waals surface area contributed by atoms with Crippen LogP contribution in [0.25, 0.3) is 6.08 Å². The van der Waals surface area contributed by atoms with E-state index in [9.17, 15) is 10.1 Å². The Kier molecular flexibility index (Phi) is 2.82. The summed E-state index contributed by atoms with van der Waals surface area (Å²) in [4.78, 5) is 10.0. The highest BCUT2D eigenvalue weighted by molar-refractivity contribution is 5.52. The lowest BCUT2D eigenvalue weighted by Crippen LogP contribution is -2.21. The van der Waals surface area contributed by atoms with Crippen LogP contribution in [-0.2, 0) is 9.47 Å². The Hall–Kier alpha value is -2.30. The molecule has 5 nitrogen and oxygen atoms in total. The van der Waals surface area contributed by atoms with Crippen molar-refractivity contribution in [1.82, 2.24) is 0 Å². The van der Waals surface area contributed by atoms with Crippen molar-refractivity contribution < 1.29 is 14.4 Å². The van der Waals surface area contributed by atoms with Crippen LogP contribution in [0.2, 0.25) is 0 Å². The highest BCUT2D eigenvalue weighted by Crippen LogP contribution is 2.22. The van der Waals surface area contributed by atoms with Crippen LogP contribution < -0.4 is 0 Å². The zero-order valence-corrected chi connectivity index (χ0v) is 9.20. The van der Waals surface area contributed by atoms with Crippen molar-refractivity contribution in [1.29, 1.82) is 0 Å². The number of non-ortho nitro benzene ring substituents is 1. The van der Waals surface area contributed by atoms with Crippen LogP contribution in [0.5, 0.6) is 0 Å². The predicted octanol–water partition coefficient (Wildman–Crippen LogP) is 2.84. The summed E-state index contributed by atoms with van der Waals surface area (Å²) in [5.41, 5.74) is 0.916. The molecular formula is C12H11NO4. The van der Waals surface area contributed by atoms with E-state index < -0.39 is 10.7 Å². The Bertz CT molecular complexity index is 468. The summed E-state index contributed by atoms with van der Waals surface area (Å²) < 4.78 is 10.5. The third kappa shape index (κ3) is 2.63. The Morgan fingerprint density at radius 1 is 1.24 bits per heavy atom. The minimum Gasteiger partial charge on any atom is -0.454 e. The molecule has 0 unspecified atom stereocenters. The number of rotatable bonds is 3. The lowest BCUT2D eigenvalue weighted by atomic mass is 10.1. The molecule has 0 amide bonds. The number of hydrogen-bond acceptors (Lipinski definition) is 4. The molecule has 0 aromatic heterocycles. The van der Waals surface area contributed by atoms with Crippen LogP contribution in [0.4, 0.5) is 5.69 Å². The summed E-state index contributed by atoms with van der Waals surface area (Å²) in [5.74, 6) is -0.790. The maximum Gasteiger partial charge on any atom is 0.269 e. The Morgan fingerprint density at radius 2 is 1.82 bits per heavy atom. The van der Waals surface area contributed by atoms with Crippen LogP contribution in [0.1, 0.15) is 12.5 Å². The first kappa shape index (κ1) is 11.2. The summed E-state index contributed by atoms with van der Waals surface area (Å²) in [6, 6.07) is 6.24. The minimum atomic E-state index is -0.790. The van der Waals surface area contributed by atoms with Gasteiger partial charge in [-0.2, -0.15) is 0 Å². The molecule has 0 N–H and O–H groups in total. The van der Waals surface area contributed by atoms with E-state index in [1.807, 2.05) is 0 Å². The summed E-state index contributed by atoms with van der Waals surface area (Å²) in [6.07, 6.45) is 6.48. The monoisotopic (exact) mass is 233 g/mol. The molecule has 1 aromatic rings. The van der Waals surface area contributed by atoms with Gasteiger partial charge in [-0.25, -0.2) is 0 Å². The first-order valence-corrected chi connectivity index (χ1v) is 5.03. The summed E-state index contributed by atoms with van der Waals surface area (Å²) >= 11 is 0. The van der Waals surface area contributed by atoms with Crippen molar-refractivity contribution in [2.45, 2.75) is 12.7 Å². The smallest absolute Gasteiger partial charge is 0.269 e. The van der Waals surface area contributed by atoms with E-state index in [0.29, 0.717) is 0 Å². The zero-order valence-electron chi connectivity index (χ0n) is 9.20. The number of benzene rings is 1. The molecule has 0 spiro atoms. The predicted molar refractivity (Wildman–Crippen MR) is 61.8 cm³/mol. The number of nitrogens with zero attached hydrogens (tertiary/aromatic N) is 1. The minimum absolute atomic E-state index is 0.0726. The second kappa shape index (κ2) is 4.29. The highest BCUT2D eigenvalue weighted by Gasteiger charge is 2.25. The number of hydrogen-bond donors (Lipinski definition) is 0. The fourth-order valence-corrected chi connectivity index (χ4v) is 1.39. The van der Waals surface area contributed by atoms with Gasteiger partial charge in [0.05, 0.1) is 4.92 Å². The zero-order chi connectivity index (χ0) is 12.3. The molecule has 1 aliphatic heterocycles. The molecule has 0 aliphatic carbocycles. The topological polar surface area (TPSA) is 61.6 Å². The van der Waals surface area contributed by atoms with Crippen molar-refractivity contribution in [2.75, 3.05) is 0 Å². The van der Waals surface area contributed by atoms with Gasteiger partial charge in [0.1, 0.15) is 12.5 Å². The molecule has 1 aliphatic rings. The van der Waals surface area contributed by atoms with Crippen molar-refractivity contribution in [3.63, 3.8) is 0 Å². The van der Waals surface area contributed by atoms with Crippen molar-refractivity contribution >= 4 is 11.8 Å². The lowest BCUT2D eigenvalue weighted by molar-refractivity contribution is -0.384. The van der Waals surface area contributed by atoms with Gasteiger partial charge in [0.2, 0.25) is 0 Å².